The molecule has 2 heterocycles. The van der Waals surface area contributed by atoms with Gasteiger partial charge in [-0.2, -0.15) is 0 Å². The molecule has 4 nitrogen and oxygen atoms in total. The van der Waals surface area contributed by atoms with Gasteiger partial charge in [-0.25, -0.2) is 0 Å². The molecule has 1 saturated heterocycles. The van der Waals surface area contributed by atoms with E-state index < -0.39 is 0 Å². The molecule has 0 saturated carbocycles. The summed E-state index contributed by atoms with van der Waals surface area (Å²) in [4.78, 5) is 24.5. The third-order valence-corrected chi connectivity index (χ3v) is 2.82. The maximum atomic E-state index is 11.8. The van der Waals surface area contributed by atoms with Crippen molar-refractivity contribution in [1.82, 2.24) is 4.90 Å². The summed E-state index contributed by atoms with van der Waals surface area (Å²) in [5, 5.41) is 0. The van der Waals surface area contributed by atoms with Crippen LogP contribution in [0.4, 0.5) is 0 Å². The molecule has 0 aromatic carbocycles. The van der Waals surface area contributed by atoms with E-state index in [1.54, 1.807) is 17.0 Å². The van der Waals surface area contributed by atoms with Gasteiger partial charge in [0.2, 0.25) is 0 Å². The fraction of sp³-hybridized carbons (Fsp3) is 0.400. The van der Waals surface area contributed by atoms with Crippen LogP contribution in [-0.4, -0.2) is 29.7 Å². The van der Waals surface area contributed by atoms with Crippen molar-refractivity contribution in [3.05, 3.63) is 22.6 Å². The molecule has 80 valence electrons. The van der Waals surface area contributed by atoms with Crippen molar-refractivity contribution in [2.75, 3.05) is 13.1 Å². The lowest BCUT2D eigenvalue weighted by atomic mass is 10.1. The van der Waals surface area contributed by atoms with Crippen molar-refractivity contribution in [2.45, 2.75) is 12.8 Å². The number of rotatable bonds is 1. The third kappa shape index (κ3) is 2.28. The summed E-state index contributed by atoms with van der Waals surface area (Å²) >= 11 is 3.14. The van der Waals surface area contributed by atoms with E-state index in [0.717, 1.165) is 0 Å². The van der Waals surface area contributed by atoms with Gasteiger partial charge in [-0.3, -0.25) is 9.59 Å². The van der Waals surface area contributed by atoms with Crippen molar-refractivity contribution in [3.63, 3.8) is 0 Å². The molecule has 0 N–H and O–H groups in total. The predicted octanol–water partition coefficient (Wildman–Crippen LogP) is 1.85. The molecule has 1 amide bonds. The first-order valence-electron chi connectivity index (χ1n) is 4.73. The molecule has 0 aliphatic carbocycles. The minimum Gasteiger partial charge on any atom is -0.444 e. The highest BCUT2D eigenvalue weighted by molar-refractivity contribution is 9.10. The number of ketones is 1. The number of carbonyl (C=O) groups excluding carboxylic acids is 2. The van der Waals surface area contributed by atoms with Gasteiger partial charge < -0.3 is 9.32 Å². The van der Waals surface area contributed by atoms with Crippen molar-refractivity contribution < 1.29 is 14.0 Å². The molecule has 0 atom stereocenters. The van der Waals surface area contributed by atoms with Gasteiger partial charge >= 0.3 is 0 Å². The molecule has 1 aromatic heterocycles. The summed E-state index contributed by atoms with van der Waals surface area (Å²) in [5.41, 5.74) is 0. The van der Waals surface area contributed by atoms with Gasteiger partial charge in [-0.1, -0.05) is 0 Å². The zero-order valence-corrected chi connectivity index (χ0v) is 9.62. The zero-order valence-electron chi connectivity index (χ0n) is 8.03. The van der Waals surface area contributed by atoms with Gasteiger partial charge in [-0.05, 0) is 28.1 Å². The van der Waals surface area contributed by atoms with Crippen LogP contribution in [0, 0.1) is 0 Å². The monoisotopic (exact) mass is 271 g/mol. The van der Waals surface area contributed by atoms with Crippen LogP contribution in [0.3, 0.4) is 0 Å². The Morgan fingerprint density at radius 2 is 2.00 bits per heavy atom. The molecular formula is C10H10BrNO3. The van der Waals surface area contributed by atoms with E-state index in [1.807, 2.05) is 0 Å². The number of hydrogen-bond acceptors (Lipinski definition) is 3. The summed E-state index contributed by atoms with van der Waals surface area (Å²) in [6.45, 7) is 0.992. The molecule has 0 spiro atoms. The normalized spacial score (nSPS) is 16.9. The van der Waals surface area contributed by atoms with Gasteiger partial charge in [0.25, 0.3) is 5.91 Å². The van der Waals surface area contributed by atoms with Gasteiger partial charge in [0, 0.05) is 25.9 Å². The van der Waals surface area contributed by atoms with Crippen LogP contribution in [-0.2, 0) is 4.79 Å². The Balaban J connectivity index is 2.05. The lowest BCUT2D eigenvalue weighted by Gasteiger charge is -2.24. The van der Waals surface area contributed by atoms with Crippen LogP contribution in [0.25, 0.3) is 0 Å². The van der Waals surface area contributed by atoms with E-state index in [4.69, 9.17) is 4.42 Å². The molecular weight excluding hydrogens is 262 g/mol. The minimum absolute atomic E-state index is 0.145. The van der Waals surface area contributed by atoms with Gasteiger partial charge in [0.05, 0.1) is 0 Å². The molecule has 15 heavy (non-hydrogen) atoms. The van der Waals surface area contributed by atoms with Crippen molar-refractivity contribution in [2.24, 2.45) is 0 Å². The maximum Gasteiger partial charge on any atom is 0.289 e. The number of amides is 1. The van der Waals surface area contributed by atoms with Crippen molar-refractivity contribution >= 4 is 27.6 Å². The van der Waals surface area contributed by atoms with Crippen LogP contribution in [0.15, 0.2) is 21.2 Å². The Kier molecular flexibility index (Phi) is 2.90. The number of halogens is 1. The number of piperidine rings is 1. The smallest absolute Gasteiger partial charge is 0.289 e. The summed E-state index contributed by atoms with van der Waals surface area (Å²) in [6, 6.07) is 3.31. The maximum absolute atomic E-state index is 11.8. The Labute approximate surface area is 95.4 Å². The Morgan fingerprint density at radius 3 is 2.53 bits per heavy atom. The molecule has 1 aliphatic heterocycles. The molecule has 0 bridgehead atoms. The number of hydrogen-bond donors (Lipinski definition) is 0. The van der Waals surface area contributed by atoms with Crippen LogP contribution in [0.2, 0.25) is 0 Å². The Bertz CT molecular complexity index is 389. The first kappa shape index (κ1) is 10.4. The number of nitrogens with zero attached hydrogens (tertiary/aromatic N) is 1. The van der Waals surface area contributed by atoms with Gasteiger partial charge in [-0.15, -0.1) is 0 Å². The number of likely N-dealkylation sites (tertiary alicyclic amines) is 1. The van der Waals surface area contributed by atoms with Crippen LogP contribution < -0.4 is 0 Å². The largest absolute Gasteiger partial charge is 0.444 e. The van der Waals surface area contributed by atoms with E-state index >= 15 is 0 Å². The van der Waals surface area contributed by atoms with Gasteiger partial charge in [0.1, 0.15) is 5.78 Å². The fourth-order valence-corrected chi connectivity index (χ4v) is 1.85. The Morgan fingerprint density at radius 1 is 1.33 bits per heavy atom. The quantitative estimate of drug-likeness (QED) is 0.783. The molecule has 1 aliphatic rings. The number of Topliss-reactive ketones (excluding diaryl/α,β-unsaturated/α-hetero) is 1. The zero-order chi connectivity index (χ0) is 10.8. The van der Waals surface area contributed by atoms with E-state index in [-0.39, 0.29) is 11.7 Å². The first-order chi connectivity index (χ1) is 7.16. The van der Waals surface area contributed by atoms with E-state index in [9.17, 15) is 9.59 Å². The van der Waals surface area contributed by atoms with Gasteiger partial charge in [0.15, 0.2) is 10.4 Å². The second-order valence-corrected chi connectivity index (χ2v) is 4.22. The highest BCUT2D eigenvalue weighted by Crippen LogP contribution is 2.17. The van der Waals surface area contributed by atoms with E-state index in [1.165, 1.54) is 0 Å². The Hall–Kier alpha value is -1.10. The fourth-order valence-electron chi connectivity index (χ4n) is 1.54. The average Bonchev–Trinajstić information content (AvgIpc) is 2.65. The topological polar surface area (TPSA) is 50.5 Å². The summed E-state index contributed by atoms with van der Waals surface area (Å²) in [7, 11) is 0. The molecule has 1 aromatic rings. The highest BCUT2D eigenvalue weighted by atomic mass is 79.9. The molecule has 1 fully saturated rings. The average molecular weight is 272 g/mol. The summed E-state index contributed by atoms with van der Waals surface area (Å²) in [5.74, 6) is 0.393. The molecule has 2 rings (SSSR count). The second-order valence-electron chi connectivity index (χ2n) is 3.43. The minimum atomic E-state index is -0.145. The lowest BCUT2D eigenvalue weighted by molar-refractivity contribution is -0.120. The van der Waals surface area contributed by atoms with Crippen LogP contribution >= 0.6 is 15.9 Å². The van der Waals surface area contributed by atoms with E-state index in [2.05, 4.69) is 15.9 Å². The van der Waals surface area contributed by atoms with E-state index in [0.29, 0.717) is 36.4 Å². The SMILES string of the molecule is O=C1CCN(C(=O)c2ccc(Br)o2)CC1. The molecule has 0 unspecified atom stereocenters. The lowest BCUT2D eigenvalue weighted by Crippen LogP contribution is -2.38. The third-order valence-electron chi connectivity index (χ3n) is 2.39. The van der Waals surface area contributed by atoms with Crippen molar-refractivity contribution in [1.29, 1.82) is 0 Å². The first-order valence-corrected chi connectivity index (χ1v) is 5.52. The van der Waals surface area contributed by atoms with Crippen LogP contribution in [0.1, 0.15) is 23.4 Å². The standard InChI is InChI=1S/C10H10BrNO3/c11-9-2-1-8(15-9)10(14)12-5-3-7(13)4-6-12/h1-2H,3-6H2. The molecule has 5 heteroatoms. The summed E-state index contributed by atoms with van der Waals surface area (Å²) < 4.78 is 5.71. The highest BCUT2D eigenvalue weighted by Gasteiger charge is 2.23. The molecule has 0 radical (unpaired) electrons. The van der Waals surface area contributed by atoms with Crippen LogP contribution in [0.5, 0.6) is 0 Å². The van der Waals surface area contributed by atoms with Crippen molar-refractivity contribution in [3.8, 4) is 0 Å². The predicted molar refractivity (Wildman–Crippen MR) is 56.6 cm³/mol. The number of carbonyl (C=O) groups is 2. The summed E-state index contributed by atoms with van der Waals surface area (Å²) in [6.07, 6.45) is 0.904. The second kappa shape index (κ2) is 4.18. The number of furan rings is 1.